The third-order valence-electron chi connectivity index (χ3n) is 4.10. The van der Waals surface area contributed by atoms with Gasteiger partial charge in [-0.2, -0.15) is 0 Å². The van der Waals surface area contributed by atoms with E-state index >= 15 is 0 Å². The van der Waals surface area contributed by atoms with Gasteiger partial charge in [-0.15, -0.1) is 0 Å². The minimum Gasteiger partial charge on any atom is -0.396 e. The molecule has 2 heterocycles. The van der Waals surface area contributed by atoms with Crippen LogP contribution in [0, 0.1) is 24.4 Å². The molecule has 0 bridgehead atoms. The number of nitrogen functional groups attached to an aromatic ring is 1. The van der Waals surface area contributed by atoms with Gasteiger partial charge in [0.1, 0.15) is 5.82 Å². The maximum Gasteiger partial charge on any atom is 0.245 e. The average Bonchev–Trinajstić information content (AvgIpc) is 2.73. The van der Waals surface area contributed by atoms with E-state index in [4.69, 9.17) is 5.73 Å². The predicted octanol–water partition coefficient (Wildman–Crippen LogP) is 3.44. The van der Waals surface area contributed by atoms with Gasteiger partial charge in [-0.05, 0) is 13.0 Å². The number of nitrogens with zero attached hydrogens (tertiary/aromatic N) is 2. The Morgan fingerprint density at radius 1 is 1.24 bits per heavy atom. The van der Waals surface area contributed by atoms with Crippen LogP contribution >= 0.6 is 0 Å². The Morgan fingerprint density at radius 2 is 1.93 bits per heavy atom. The predicted molar refractivity (Wildman–Crippen MR) is 106 cm³/mol. The SMILES string of the molecule is C=C(NC1=CC(=O)NCC1)c1ccnc(-c2c(F)c(C)c(N)c(F)c2F)n1.CC. The molecule has 1 aromatic carbocycles. The van der Waals surface area contributed by atoms with Crippen molar-refractivity contribution in [2.24, 2.45) is 0 Å². The number of benzene rings is 1. The van der Waals surface area contributed by atoms with Crippen LogP contribution in [0.1, 0.15) is 31.5 Å². The molecule has 9 heteroatoms. The number of hydrogen-bond acceptors (Lipinski definition) is 5. The summed E-state index contributed by atoms with van der Waals surface area (Å²) in [6.45, 7) is 9.53. The van der Waals surface area contributed by atoms with Crippen LogP contribution < -0.4 is 16.4 Å². The van der Waals surface area contributed by atoms with Gasteiger partial charge in [0.05, 0.1) is 22.6 Å². The molecule has 0 radical (unpaired) electrons. The first-order chi connectivity index (χ1) is 13.8. The first kappa shape index (κ1) is 21.9. The Labute approximate surface area is 166 Å². The van der Waals surface area contributed by atoms with Crippen LogP contribution in [0.5, 0.6) is 0 Å². The summed E-state index contributed by atoms with van der Waals surface area (Å²) in [6, 6.07) is 1.47. The number of nitrogens with two attached hydrogens (primary N) is 1. The van der Waals surface area contributed by atoms with Crippen molar-refractivity contribution in [2.75, 3.05) is 12.3 Å². The molecular formula is C20H22F3N5O. The van der Waals surface area contributed by atoms with Crippen molar-refractivity contribution in [3.05, 3.63) is 59.3 Å². The van der Waals surface area contributed by atoms with Crippen molar-refractivity contribution in [1.82, 2.24) is 20.6 Å². The second-order valence-corrected chi connectivity index (χ2v) is 5.94. The summed E-state index contributed by atoms with van der Waals surface area (Å²) in [5.41, 5.74) is 4.99. The molecule has 1 aliphatic rings. The van der Waals surface area contributed by atoms with Crippen molar-refractivity contribution in [1.29, 1.82) is 0 Å². The zero-order chi connectivity index (χ0) is 21.7. The quantitative estimate of drug-likeness (QED) is 0.535. The average molecular weight is 405 g/mol. The zero-order valence-corrected chi connectivity index (χ0v) is 16.4. The molecular weight excluding hydrogens is 383 g/mol. The zero-order valence-electron chi connectivity index (χ0n) is 16.4. The van der Waals surface area contributed by atoms with Gasteiger partial charge in [0.15, 0.2) is 17.5 Å². The fourth-order valence-electron chi connectivity index (χ4n) is 2.60. The van der Waals surface area contributed by atoms with Crippen molar-refractivity contribution < 1.29 is 18.0 Å². The van der Waals surface area contributed by atoms with Gasteiger partial charge in [-0.1, -0.05) is 20.4 Å². The lowest BCUT2D eigenvalue weighted by molar-refractivity contribution is -0.116. The molecule has 2 aromatic rings. The summed E-state index contributed by atoms with van der Waals surface area (Å²) >= 11 is 0. The molecule has 0 fully saturated rings. The summed E-state index contributed by atoms with van der Waals surface area (Å²) < 4.78 is 42.7. The van der Waals surface area contributed by atoms with E-state index in [1.807, 2.05) is 13.8 Å². The standard InChI is InChI=1S/C18H16F3N5O.C2H6/c1-8-14(19)13(15(20)16(21)17(8)22)18-24-6-4-11(26-18)9(2)25-10-3-5-23-12(27)7-10;1-2/h4,6-7,25H,2-3,5,22H2,1H3,(H,23,27);1-2H3. The van der Waals surface area contributed by atoms with E-state index in [0.717, 1.165) is 0 Å². The highest BCUT2D eigenvalue weighted by atomic mass is 19.2. The number of hydrogen-bond donors (Lipinski definition) is 3. The van der Waals surface area contributed by atoms with Crippen LogP contribution in [0.3, 0.4) is 0 Å². The van der Waals surface area contributed by atoms with E-state index < -0.39 is 28.7 Å². The number of rotatable bonds is 4. The molecule has 1 aliphatic heterocycles. The Kier molecular flexibility index (Phi) is 6.98. The summed E-state index contributed by atoms with van der Waals surface area (Å²) in [5.74, 6) is -4.43. The number of carbonyl (C=O) groups excluding carboxylic acids is 1. The molecule has 0 spiro atoms. The van der Waals surface area contributed by atoms with Crippen molar-refractivity contribution in [2.45, 2.75) is 27.2 Å². The van der Waals surface area contributed by atoms with Gasteiger partial charge in [0, 0.05) is 36.5 Å². The molecule has 0 atom stereocenters. The van der Waals surface area contributed by atoms with E-state index in [0.29, 0.717) is 24.4 Å². The van der Waals surface area contributed by atoms with Gasteiger partial charge >= 0.3 is 0 Å². The minimum atomic E-state index is -1.46. The number of halogens is 3. The van der Waals surface area contributed by atoms with E-state index in [9.17, 15) is 18.0 Å². The number of carbonyl (C=O) groups is 1. The smallest absolute Gasteiger partial charge is 0.245 e. The van der Waals surface area contributed by atoms with Crippen LogP contribution in [0.2, 0.25) is 0 Å². The maximum atomic E-state index is 14.5. The molecule has 0 unspecified atom stereocenters. The van der Waals surface area contributed by atoms with Crippen molar-refractivity contribution >= 4 is 17.3 Å². The molecule has 154 valence electrons. The van der Waals surface area contributed by atoms with Crippen LogP contribution in [0.15, 0.2) is 30.6 Å². The van der Waals surface area contributed by atoms with Gasteiger partial charge in [0.2, 0.25) is 5.91 Å². The second-order valence-electron chi connectivity index (χ2n) is 5.94. The van der Waals surface area contributed by atoms with E-state index in [-0.39, 0.29) is 23.0 Å². The fourth-order valence-corrected chi connectivity index (χ4v) is 2.60. The summed E-state index contributed by atoms with van der Waals surface area (Å²) in [4.78, 5) is 19.3. The molecule has 1 amide bonds. The monoisotopic (exact) mass is 405 g/mol. The first-order valence-corrected chi connectivity index (χ1v) is 9.00. The Balaban J connectivity index is 0.00000145. The van der Waals surface area contributed by atoms with E-state index in [1.54, 1.807) is 0 Å². The highest BCUT2D eigenvalue weighted by Crippen LogP contribution is 2.32. The first-order valence-electron chi connectivity index (χ1n) is 9.00. The molecule has 1 aromatic heterocycles. The maximum absolute atomic E-state index is 14.5. The van der Waals surface area contributed by atoms with Crippen LogP contribution in [0.25, 0.3) is 17.1 Å². The molecule has 3 rings (SSSR count). The normalized spacial score (nSPS) is 13.0. The van der Waals surface area contributed by atoms with Crippen molar-refractivity contribution in [3.8, 4) is 11.4 Å². The largest absolute Gasteiger partial charge is 0.396 e. The Hall–Kier alpha value is -3.36. The van der Waals surface area contributed by atoms with E-state index in [1.165, 1.54) is 25.3 Å². The number of anilines is 1. The lowest BCUT2D eigenvalue weighted by Gasteiger charge is -2.17. The molecule has 6 nitrogen and oxygen atoms in total. The molecule has 0 saturated heterocycles. The van der Waals surface area contributed by atoms with E-state index in [2.05, 4.69) is 27.2 Å². The van der Waals surface area contributed by atoms with Gasteiger partial charge in [0.25, 0.3) is 0 Å². The number of nitrogens with one attached hydrogen (secondary N) is 2. The number of amides is 1. The third kappa shape index (κ3) is 4.56. The molecule has 0 saturated carbocycles. The highest BCUT2D eigenvalue weighted by Gasteiger charge is 2.24. The van der Waals surface area contributed by atoms with Crippen LogP contribution in [-0.4, -0.2) is 22.4 Å². The summed E-state index contributed by atoms with van der Waals surface area (Å²) in [5, 5.41) is 5.58. The molecule has 0 aliphatic carbocycles. The summed E-state index contributed by atoms with van der Waals surface area (Å²) in [7, 11) is 0. The lowest BCUT2D eigenvalue weighted by Crippen LogP contribution is -2.30. The fraction of sp³-hybridized carbons (Fsp3) is 0.250. The van der Waals surface area contributed by atoms with Gasteiger partial charge in [-0.3, -0.25) is 4.79 Å². The van der Waals surface area contributed by atoms with Gasteiger partial charge < -0.3 is 16.4 Å². The topological polar surface area (TPSA) is 92.9 Å². The summed E-state index contributed by atoms with van der Waals surface area (Å²) in [6.07, 6.45) is 3.22. The van der Waals surface area contributed by atoms with Crippen LogP contribution in [-0.2, 0) is 4.79 Å². The van der Waals surface area contributed by atoms with Crippen molar-refractivity contribution in [3.63, 3.8) is 0 Å². The van der Waals surface area contributed by atoms with Crippen LogP contribution in [0.4, 0.5) is 18.9 Å². The minimum absolute atomic E-state index is 0.228. The Morgan fingerprint density at radius 3 is 2.59 bits per heavy atom. The number of aromatic nitrogens is 2. The van der Waals surface area contributed by atoms with Gasteiger partial charge in [-0.25, -0.2) is 23.1 Å². The molecule has 29 heavy (non-hydrogen) atoms. The molecule has 4 N–H and O–H groups in total. The highest BCUT2D eigenvalue weighted by molar-refractivity contribution is 5.89. The Bertz CT molecular complexity index is 959. The third-order valence-corrected chi connectivity index (χ3v) is 4.10. The second kappa shape index (κ2) is 9.22. The lowest BCUT2D eigenvalue weighted by atomic mass is 10.1.